The van der Waals surface area contributed by atoms with Gasteiger partial charge in [-0.05, 0) is 31.6 Å². The molecule has 2 rings (SSSR count). The molecule has 1 aliphatic heterocycles. The Morgan fingerprint density at radius 3 is 2.76 bits per heavy atom. The molecule has 0 amide bonds. The minimum atomic E-state index is 0.217. The molecule has 4 heteroatoms. The molecule has 0 atom stereocenters. The lowest BCUT2D eigenvalue weighted by molar-refractivity contribution is 0.0862. The van der Waals surface area contributed by atoms with E-state index < -0.39 is 0 Å². The molecule has 0 aromatic rings. The van der Waals surface area contributed by atoms with Crippen molar-refractivity contribution in [3.05, 3.63) is 0 Å². The molecule has 1 spiro atoms. The van der Waals surface area contributed by atoms with E-state index >= 15 is 0 Å². The first kappa shape index (κ1) is 12.7. The summed E-state index contributed by atoms with van der Waals surface area (Å²) < 4.78 is 5.18. The van der Waals surface area contributed by atoms with Gasteiger partial charge in [-0.3, -0.25) is 4.99 Å². The summed E-state index contributed by atoms with van der Waals surface area (Å²) in [5.41, 5.74) is 6.23. The van der Waals surface area contributed by atoms with Crippen LogP contribution in [0.4, 0.5) is 0 Å². The van der Waals surface area contributed by atoms with Crippen LogP contribution in [0.25, 0.3) is 0 Å². The molecule has 4 nitrogen and oxygen atoms in total. The molecule has 0 unspecified atom stereocenters. The van der Waals surface area contributed by atoms with Gasteiger partial charge in [0.15, 0.2) is 5.96 Å². The Kier molecular flexibility index (Phi) is 3.92. The summed E-state index contributed by atoms with van der Waals surface area (Å²) in [4.78, 5) is 6.76. The minimum Gasteiger partial charge on any atom is -0.383 e. The number of rotatable bonds is 4. The van der Waals surface area contributed by atoms with E-state index in [2.05, 4.69) is 16.8 Å². The zero-order chi connectivity index (χ0) is 12.3. The third-order valence-electron chi connectivity index (χ3n) is 4.52. The maximum Gasteiger partial charge on any atom is 0.191 e. The predicted molar refractivity (Wildman–Crippen MR) is 70.1 cm³/mol. The predicted octanol–water partition coefficient (Wildman–Crippen LogP) is 1.60. The first-order valence-electron chi connectivity index (χ1n) is 6.78. The van der Waals surface area contributed by atoms with Crippen LogP contribution in [0.2, 0.25) is 0 Å². The van der Waals surface area contributed by atoms with E-state index in [4.69, 9.17) is 10.5 Å². The van der Waals surface area contributed by atoms with Gasteiger partial charge < -0.3 is 15.4 Å². The van der Waals surface area contributed by atoms with Crippen molar-refractivity contribution < 1.29 is 4.74 Å². The average Bonchev–Trinajstić information content (AvgIpc) is 2.65. The van der Waals surface area contributed by atoms with Crippen molar-refractivity contribution in [2.24, 2.45) is 16.6 Å². The third kappa shape index (κ3) is 2.41. The van der Waals surface area contributed by atoms with Gasteiger partial charge in [-0.25, -0.2) is 0 Å². The summed E-state index contributed by atoms with van der Waals surface area (Å²) in [7, 11) is 1.74. The van der Waals surface area contributed by atoms with Crippen molar-refractivity contribution in [1.82, 2.24) is 4.90 Å². The quantitative estimate of drug-likeness (QED) is 0.810. The van der Waals surface area contributed by atoms with Crippen LogP contribution in [0.3, 0.4) is 0 Å². The highest BCUT2D eigenvalue weighted by Gasteiger charge is 2.43. The van der Waals surface area contributed by atoms with Crippen LogP contribution < -0.4 is 5.73 Å². The fraction of sp³-hybridized carbons (Fsp3) is 0.923. The Balaban J connectivity index is 2.00. The largest absolute Gasteiger partial charge is 0.383 e. The van der Waals surface area contributed by atoms with E-state index in [1.165, 1.54) is 32.1 Å². The maximum atomic E-state index is 6.01. The molecule has 1 saturated carbocycles. The van der Waals surface area contributed by atoms with Crippen molar-refractivity contribution >= 4 is 5.96 Å². The monoisotopic (exact) mass is 239 g/mol. The number of guanidine groups is 1. The van der Waals surface area contributed by atoms with Gasteiger partial charge in [0, 0.05) is 13.7 Å². The van der Waals surface area contributed by atoms with Gasteiger partial charge in [-0.15, -0.1) is 0 Å². The fourth-order valence-corrected chi connectivity index (χ4v) is 3.23. The molecule has 2 N–H and O–H groups in total. The first-order valence-corrected chi connectivity index (χ1v) is 6.78. The van der Waals surface area contributed by atoms with Gasteiger partial charge in [0.05, 0.1) is 18.7 Å². The maximum absolute atomic E-state index is 6.01. The summed E-state index contributed by atoms with van der Waals surface area (Å²) in [6.07, 6.45) is 6.43. The van der Waals surface area contributed by atoms with Crippen LogP contribution >= 0.6 is 0 Å². The van der Waals surface area contributed by atoms with Crippen LogP contribution in [0.5, 0.6) is 0 Å². The molecule has 1 aliphatic carbocycles. The molecular formula is C13H25N3O. The number of nitrogens with zero attached hydrogens (tertiary/aromatic N) is 2. The Labute approximate surface area is 104 Å². The van der Waals surface area contributed by atoms with Crippen molar-refractivity contribution in [2.75, 3.05) is 26.8 Å². The number of nitrogens with two attached hydrogens (primary N) is 1. The number of methoxy groups -OCH3 is 1. The normalized spacial score (nSPS) is 33.2. The SMILES string of the molecule is CCC1CCC2(CC1)CN=C(N)N2CCOC. The molecule has 1 fully saturated rings. The molecule has 2 aliphatic rings. The molecule has 17 heavy (non-hydrogen) atoms. The summed E-state index contributed by atoms with van der Waals surface area (Å²) in [5.74, 6) is 1.63. The average molecular weight is 239 g/mol. The van der Waals surface area contributed by atoms with E-state index in [9.17, 15) is 0 Å². The Morgan fingerprint density at radius 1 is 1.47 bits per heavy atom. The van der Waals surface area contributed by atoms with Crippen LogP contribution in [0.15, 0.2) is 4.99 Å². The van der Waals surface area contributed by atoms with Crippen LogP contribution in [0.1, 0.15) is 39.0 Å². The lowest BCUT2D eigenvalue weighted by Crippen LogP contribution is -2.54. The zero-order valence-electron chi connectivity index (χ0n) is 11.1. The van der Waals surface area contributed by atoms with Gasteiger partial charge in [-0.1, -0.05) is 13.3 Å². The Morgan fingerprint density at radius 2 is 2.18 bits per heavy atom. The summed E-state index contributed by atoms with van der Waals surface area (Å²) in [5, 5.41) is 0. The van der Waals surface area contributed by atoms with Gasteiger partial charge in [-0.2, -0.15) is 0 Å². The molecule has 0 saturated heterocycles. The van der Waals surface area contributed by atoms with Crippen LogP contribution in [-0.2, 0) is 4.74 Å². The van der Waals surface area contributed by atoms with Crippen molar-refractivity contribution in [3.63, 3.8) is 0 Å². The molecule has 0 radical (unpaired) electrons. The van der Waals surface area contributed by atoms with E-state index in [0.29, 0.717) is 0 Å². The fourth-order valence-electron chi connectivity index (χ4n) is 3.23. The molecular weight excluding hydrogens is 214 g/mol. The number of hydrogen-bond acceptors (Lipinski definition) is 4. The van der Waals surface area contributed by atoms with Crippen LogP contribution in [-0.4, -0.2) is 43.2 Å². The molecule has 0 aromatic carbocycles. The summed E-state index contributed by atoms with van der Waals surface area (Å²) >= 11 is 0. The molecule has 1 heterocycles. The topological polar surface area (TPSA) is 50.8 Å². The molecule has 0 bridgehead atoms. The van der Waals surface area contributed by atoms with Crippen LogP contribution in [0, 0.1) is 5.92 Å². The van der Waals surface area contributed by atoms with Gasteiger partial charge in [0.1, 0.15) is 0 Å². The highest BCUT2D eigenvalue weighted by molar-refractivity contribution is 5.81. The zero-order valence-corrected chi connectivity index (χ0v) is 11.1. The van der Waals surface area contributed by atoms with E-state index in [1.54, 1.807) is 7.11 Å². The number of aliphatic imine (C=N–C) groups is 1. The minimum absolute atomic E-state index is 0.217. The highest BCUT2D eigenvalue weighted by atomic mass is 16.5. The van der Waals surface area contributed by atoms with Gasteiger partial charge in [0.25, 0.3) is 0 Å². The smallest absolute Gasteiger partial charge is 0.191 e. The summed E-state index contributed by atoms with van der Waals surface area (Å²) in [6, 6.07) is 0. The van der Waals surface area contributed by atoms with E-state index in [-0.39, 0.29) is 5.54 Å². The van der Waals surface area contributed by atoms with Gasteiger partial charge in [0.2, 0.25) is 0 Å². The third-order valence-corrected chi connectivity index (χ3v) is 4.52. The standard InChI is InChI=1S/C13H25N3O/c1-3-11-4-6-13(7-5-11)10-15-12(14)16(13)8-9-17-2/h11H,3-10H2,1-2H3,(H2,14,15). The van der Waals surface area contributed by atoms with Crippen molar-refractivity contribution in [3.8, 4) is 0 Å². The second kappa shape index (κ2) is 5.25. The van der Waals surface area contributed by atoms with Crippen molar-refractivity contribution in [1.29, 1.82) is 0 Å². The lowest BCUT2D eigenvalue weighted by atomic mass is 9.75. The number of ether oxygens (including phenoxy) is 1. The Hall–Kier alpha value is -0.770. The lowest BCUT2D eigenvalue weighted by Gasteiger charge is -2.44. The molecule has 98 valence electrons. The second-order valence-corrected chi connectivity index (χ2v) is 5.39. The van der Waals surface area contributed by atoms with Crippen molar-refractivity contribution in [2.45, 2.75) is 44.6 Å². The number of hydrogen-bond donors (Lipinski definition) is 1. The first-order chi connectivity index (χ1) is 8.22. The Bertz CT molecular complexity index is 282. The van der Waals surface area contributed by atoms with E-state index in [0.717, 1.165) is 31.6 Å². The molecule has 0 aromatic heterocycles. The second-order valence-electron chi connectivity index (χ2n) is 5.39. The van der Waals surface area contributed by atoms with E-state index in [1.807, 2.05) is 0 Å². The summed E-state index contributed by atoms with van der Waals surface area (Å²) in [6.45, 7) is 4.79. The highest BCUT2D eigenvalue weighted by Crippen LogP contribution is 2.40. The van der Waals surface area contributed by atoms with Gasteiger partial charge >= 0.3 is 0 Å².